The standard InChI is InChI=1S/C16H15ClF3NO3/c1-8-2-4-10(15(23)24)11(6-8)14(22)21-13-7-9(16(18,19)20)3-5-12(13)17/h2-3,5,7,10-11H,4,6H2,1H3,(H,21,22)(H,23,24). The Labute approximate surface area is 141 Å². The molecule has 0 saturated carbocycles. The van der Waals surface area contributed by atoms with Crippen LogP contribution < -0.4 is 5.32 Å². The van der Waals surface area contributed by atoms with Crippen LogP contribution in [0.1, 0.15) is 25.3 Å². The van der Waals surface area contributed by atoms with Gasteiger partial charge in [-0.15, -0.1) is 0 Å². The van der Waals surface area contributed by atoms with Crippen LogP contribution in [0.2, 0.25) is 5.02 Å². The van der Waals surface area contributed by atoms with Gasteiger partial charge in [-0.05, 0) is 38.0 Å². The van der Waals surface area contributed by atoms with Crippen LogP contribution in [0.4, 0.5) is 18.9 Å². The number of aliphatic carboxylic acids is 1. The maximum Gasteiger partial charge on any atom is 0.416 e. The number of amides is 1. The quantitative estimate of drug-likeness (QED) is 0.786. The van der Waals surface area contributed by atoms with Crippen molar-refractivity contribution in [3.8, 4) is 0 Å². The Kier molecular flexibility index (Phi) is 5.22. The Morgan fingerprint density at radius 2 is 1.96 bits per heavy atom. The van der Waals surface area contributed by atoms with E-state index in [9.17, 15) is 27.9 Å². The van der Waals surface area contributed by atoms with E-state index in [-0.39, 0.29) is 23.6 Å². The fourth-order valence-corrected chi connectivity index (χ4v) is 2.80. The molecule has 4 nitrogen and oxygen atoms in total. The van der Waals surface area contributed by atoms with Crippen molar-refractivity contribution in [1.82, 2.24) is 0 Å². The summed E-state index contributed by atoms with van der Waals surface area (Å²) in [5.41, 5.74) is -0.271. The molecule has 2 atom stereocenters. The molecule has 1 aliphatic carbocycles. The molecule has 2 N–H and O–H groups in total. The highest BCUT2D eigenvalue weighted by atomic mass is 35.5. The lowest BCUT2D eigenvalue weighted by molar-refractivity contribution is -0.146. The molecule has 1 amide bonds. The van der Waals surface area contributed by atoms with Crippen molar-refractivity contribution in [2.45, 2.75) is 25.9 Å². The van der Waals surface area contributed by atoms with E-state index in [2.05, 4.69) is 5.32 Å². The van der Waals surface area contributed by atoms with Crippen molar-refractivity contribution in [2.75, 3.05) is 5.32 Å². The molecule has 0 bridgehead atoms. The van der Waals surface area contributed by atoms with Crippen LogP contribution in [0.25, 0.3) is 0 Å². The number of hydrogen-bond acceptors (Lipinski definition) is 2. The minimum absolute atomic E-state index is 0.0497. The number of carbonyl (C=O) groups is 2. The molecule has 0 spiro atoms. The van der Waals surface area contributed by atoms with Gasteiger partial charge in [-0.3, -0.25) is 9.59 Å². The minimum atomic E-state index is -4.57. The third-order valence-electron chi connectivity index (χ3n) is 3.95. The van der Waals surface area contributed by atoms with Crippen LogP contribution in [0.5, 0.6) is 0 Å². The van der Waals surface area contributed by atoms with Gasteiger partial charge in [-0.25, -0.2) is 0 Å². The summed E-state index contributed by atoms with van der Waals surface area (Å²) in [6, 6.07) is 2.59. The van der Waals surface area contributed by atoms with E-state index >= 15 is 0 Å². The predicted octanol–water partition coefficient (Wildman–Crippen LogP) is 4.35. The van der Waals surface area contributed by atoms with Crippen molar-refractivity contribution in [3.05, 3.63) is 40.4 Å². The lowest BCUT2D eigenvalue weighted by Crippen LogP contribution is -2.35. The summed E-state index contributed by atoms with van der Waals surface area (Å²) in [7, 11) is 0. The van der Waals surface area contributed by atoms with Gasteiger partial charge in [0.1, 0.15) is 0 Å². The second-order valence-corrected chi connectivity index (χ2v) is 6.13. The molecule has 1 aromatic carbocycles. The monoisotopic (exact) mass is 361 g/mol. The summed E-state index contributed by atoms with van der Waals surface area (Å²) >= 11 is 5.85. The highest BCUT2D eigenvalue weighted by molar-refractivity contribution is 6.33. The van der Waals surface area contributed by atoms with Crippen LogP contribution in [-0.4, -0.2) is 17.0 Å². The molecule has 0 heterocycles. The Balaban J connectivity index is 2.25. The van der Waals surface area contributed by atoms with E-state index in [1.165, 1.54) is 0 Å². The number of allylic oxidation sites excluding steroid dienone is 2. The topological polar surface area (TPSA) is 66.4 Å². The maximum atomic E-state index is 12.8. The summed E-state index contributed by atoms with van der Waals surface area (Å²) in [4.78, 5) is 23.7. The average Bonchev–Trinajstić information content (AvgIpc) is 2.47. The van der Waals surface area contributed by atoms with E-state index in [4.69, 9.17) is 11.6 Å². The lowest BCUT2D eigenvalue weighted by atomic mass is 9.79. The highest BCUT2D eigenvalue weighted by Gasteiger charge is 2.36. The first kappa shape index (κ1) is 18.3. The zero-order valence-corrected chi connectivity index (χ0v) is 13.4. The summed E-state index contributed by atoms with van der Waals surface area (Å²) in [5.74, 6) is -3.55. The third kappa shape index (κ3) is 4.08. The van der Waals surface area contributed by atoms with E-state index < -0.39 is 35.5 Å². The van der Waals surface area contributed by atoms with E-state index in [0.717, 1.165) is 23.8 Å². The number of rotatable bonds is 3. The van der Waals surface area contributed by atoms with Crippen molar-refractivity contribution in [2.24, 2.45) is 11.8 Å². The van der Waals surface area contributed by atoms with Crippen LogP contribution in [0.15, 0.2) is 29.8 Å². The number of carbonyl (C=O) groups excluding carboxylic acids is 1. The maximum absolute atomic E-state index is 12.8. The number of carboxylic acids is 1. The Morgan fingerprint density at radius 3 is 2.54 bits per heavy atom. The highest BCUT2D eigenvalue weighted by Crippen LogP contribution is 2.35. The molecule has 2 unspecified atom stereocenters. The first-order chi connectivity index (χ1) is 11.1. The number of alkyl halides is 3. The van der Waals surface area contributed by atoms with Gasteiger partial charge in [0.15, 0.2) is 0 Å². The molecule has 130 valence electrons. The smallest absolute Gasteiger partial charge is 0.416 e. The third-order valence-corrected chi connectivity index (χ3v) is 4.28. The van der Waals surface area contributed by atoms with Crippen LogP contribution in [0.3, 0.4) is 0 Å². The summed E-state index contributed by atoms with van der Waals surface area (Å²) in [6.07, 6.45) is -2.38. The Bertz CT molecular complexity index is 700. The number of nitrogens with one attached hydrogen (secondary N) is 1. The summed E-state index contributed by atoms with van der Waals surface area (Å²) in [6.45, 7) is 1.77. The molecule has 1 aromatic rings. The van der Waals surface area contributed by atoms with E-state index in [1.807, 2.05) is 0 Å². The predicted molar refractivity (Wildman–Crippen MR) is 82.7 cm³/mol. The zero-order valence-electron chi connectivity index (χ0n) is 12.7. The largest absolute Gasteiger partial charge is 0.481 e. The zero-order chi connectivity index (χ0) is 18.1. The van der Waals surface area contributed by atoms with Crippen molar-refractivity contribution in [1.29, 1.82) is 0 Å². The number of benzene rings is 1. The van der Waals surface area contributed by atoms with Crippen molar-refractivity contribution >= 4 is 29.2 Å². The number of halogens is 4. The molecule has 0 aliphatic heterocycles. The van der Waals surface area contributed by atoms with Crippen LogP contribution in [-0.2, 0) is 15.8 Å². The summed E-state index contributed by atoms with van der Waals surface area (Å²) < 4.78 is 38.3. The minimum Gasteiger partial charge on any atom is -0.481 e. The van der Waals surface area contributed by atoms with Gasteiger partial charge < -0.3 is 10.4 Å². The van der Waals surface area contributed by atoms with Gasteiger partial charge in [-0.2, -0.15) is 13.2 Å². The van der Waals surface area contributed by atoms with E-state index in [1.54, 1.807) is 13.0 Å². The molecule has 24 heavy (non-hydrogen) atoms. The van der Waals surface area contributed by atoms with Crippen LogP contribution >= 0.6 is 11.6 Å². The second-order valence-electron chi connectivity index (χ2n) is 5.72. The number of carboxylic acid groups (broad SMARTS) is 1. The molecular weight excluding hydrogens is 347 g/mol. The molecule has 0 fully saturated rings. The average molecular weight is 362 g/mol. The van der Waals surface area contributed by atoms with Crippen molar-refractivity contribution < 1.29 is 27.9 Å². The summed E-state index contributed by atoms with van der Waals surface area (Å²) in [5, 5.41) is 11.5. The van der Waals surface area contributed by atoms with E-state index in [0.29, 0.717) is 0 Å². The fraction of sp³-hybridized carbons (Fsp3) is 0.375. The van der Waals surface area contributed by atoms with Gasteiger partial charge >= 0.3 is 12.1 Å². The lowest BCUT2D eigenvalue weighted by Gasteiger charge is -2.27. The second kappa shape index (κ2) is 6.84. The first-order valence-electron chi connectivity index (χ1n) is 7.15. The Morgan fingerprint density at radius 1 is 1.29 bits per heavy atom. The molecule has 8 heteroatoms. The fourth-order valence-electron chi connectivity index (χ4n) is 2.64. The van der Waals surface area contributed by atoms with Crippen LogP contribution in [0, 0.1) is 11.8 Å². The van der Waals surface area contributed by atoms with Gasteiger partial charge in [0, 0.05) is 0 Å². The van der Waals surface area contributed by atoms with Crippen molar-refractivity contribution in [3.63, 3.8) is 0 Å². The number of anilines is 1. The molecule has 0 radical (unpaired) electrons. The molecule has 2 rings (SSSR count). The van der Waals surface area contributed by atoms with Gasteiger partial charge in [0.25, 0.3) is 0 Å². The first-order valence-corrected chi connectivity index (χ1v) is 7.53. The SMILES string of the molecule is CC1=CCC(C(=O)O)C(C(=O)Nc2cc(C(F)(F)F)ccc2Cl)C1. The Hall–Kier alpha value is -2.02. The molecule has 0 saturated heterocycles. The van der Waals surface area contributed by atoms with Gasteiger partial charge in [0.05, 0.1) is 28.1 Å². The molecule has 0 aromatic heterocycles. The number of hydrogen-bond donors (Lipinski definition) is 2. The van der Waals surface area contributed by atoms with Gasteiger partial charge in [-0.1, -0.05) is 23.3 Å². The van der Waals surface area contributed by atoms with Gasteiger partial charge in [0.2, 0.25) is 5.91 Å². The molecular formula is C16H15ClF3NO3. The molecule has 1 aliphatic rings. The normalized spacial score (nSPS) is 21.1.